The number of hydrogen-bond acceptors (Lipinski definition) is 3. The number of hydrogen-bond donors (Lipinski definition) is 1. The predicted octanol–water partition coefficient (Wildman–Crippen LogP) is 0.759. The van der Waals surface area contributed by atoms with Crippen LogP contribution < -0.4 is 0 Å². The molecule has 1 aromatic rings. The fraction of sp³-hybridized carbons (Fsp3) is 0.429. The second-order valence-corrected chi connectivity index (χ2v) is 5.01. The summed E-state index contributed by atoms with van der Waals surface area (Å²) >= 11 is 0. The van der Waals surface area contributed by atoms with Crippen LogP contribution in [0.5, 0.6) is 0 Å². The van der Waals surface area contributed by atoms with Crippen LogP contribution in [0.1, 0.15) is 17.2 Å². The highest BCUT2D eigenvalue weighted by molar-refractivity contribution is 5.86. The van der Waals surface area contributed by atoms with E-state index in [9.17, 15) is 14.7 Å². The number of fused-ring (bicyclic) bond motifs is 1. The van der Waals surface area contributed by atoms with Gasteiger partial charge in [-0.25, -0.2) is 4.79 Å². The van der Waals surface area contributed by atoms with E-state index in [1.165, 1.54) is 4.90 Å². The van der Waals surface area contributed by atoms with E-state index in [1.54, 1.807) is 25.1 Å². The third-order valence-corrected chi connectivity index (χ3v) is 3.29. The van der Waals surface area contributed by atoms with Crippen molar-refractivity contribution in [1.82, 2.24) is 9.80 Å². The van der Waals surface area contributed by atoms with Crippen LogP contribution in [0.4, 0.5) is 0 Å². The van der Waals surface area contributed by atoms with Crippen molar-refractivity contribution in [3.8, 4) is 0 Å². The lowest BCUT2D eigenvalue weighted by Crippen LogP contribution is -2.46. The molecule has 0 bridgehead atoms. The lowest BCUT2D eigenvalue weighted by atomic mass is 9.92. The number of nitrogens with zero attached hydrogens (tertiary/aromatic N) is 2. The lowest BCUT2D eigenvalue weighted by Gasteiger charge is -2.35. The highest BCUT2D eigenvalue weighted by Crippen LogP contribution is 2.29. The summed E-state index contributed by atoms with van der Waals surface area (Å²) in [7, 11) is 3.59. The topological polar surface area (TPSA) is 60.9 Å². The fourth-order valence-electron chi connectivity index (χ4n) is 2.46. The first-order valence-electron chi connectivity index (χ1n) is 6.25. The summed E-state index contributed by atoms with van der Waals surface area (Å²) in [6.07, 6.45) is 0.707. The molecule has 1 unspecified atom stereocenters. The van der Waals surface area contributed by atoms with Gasteiger partial charge in [0, 0.05) is 6.54 Å². The maximum atomic E-state index is 12.2. The lowest BCUT2D eigenvalue weighted by molar-refractivity contribution is -0.151. The Morgan fingerprint density at radius 2 is 2.05 bits per heavy atom. The van der Waals surface area contributed by atoms with Gasteiger partial charge in [-0.3, -0.25) is 4.79 Å². The molecule has 0 saturated carbocycles. The number of likely N-dealkylation sites (N-methyl/N-ethyl adjacent to an activating group) is 1. The zero-order valence-corrected chi connectivity index (χ0v) is 11.2. The van der Waals surface area contributed by atoms with Crippen LogP contribution in [0.3, 0.4) is 0 Å². The SMILES string of the molecule is CN(C)CC(=O)N1CCc2ccccc2C1C(=O)O. The van der Waals surface area contributed by atoms with E-state index in [1.807, 2.05) is 18.2 Å². The average Bonchev–Trinajstić information content (AvgIpc) is 2.36. The molecule has 0 aliphatic carbocycles. The van der Waals surface area contributed by atoms with Crippen LogP contribution in [-0.4, -0.2) is 54.0 Å². The van der Waals surface area contributed by atoms with Crippen LogP contribution in [0, 0.1) is 0 Å². The molecule has 5 nitrogen and oxygen atoms in total. The molecule has 1 N–H and O–H groups in total. The summed E-state index contributed by atoms with van der Waals surface area (Å²) in [5.74, 6) is -1.12. The number of rotatable bonds is 3. The van der Waals surface area contributed by atoms with Crippen molar-refractivity contribution in [2.45, 2.75) is 12.5 Å². The largest absolute Gasteiger partial charge is 0.479 e. The molecule has 1 amide bonds. The van der Waals surface area contributed by atoms with Gasteiger partial charge in [-0.2, -0.15) is 0 Å². The Morgan fingerprint density at radius 1 is 1.37 bits per heavy atom. The summed E-state index contributed by atoms with van der Waals surface area (Å²) < 4.78 is 0. The van der Waals surface area contributed by atoms with Gasteiger partial charge in [-0.05, 0) is 31.6 Å². The van der Waals surface area contributed by atoms with Crippen LogP contribution in [0.2, 0.25) is 0 Å². The van der Waals surface area contributed by atoms with Crippen molar-refractivity contribution in [3.63, 3.8) is 0 Å². The number of carbonyl (C=O) groups excluding carboxylic acids is 1. The molecule has 0 radical (unpaired) electrons. The van der Waals surface area contributed by atoms with Gasteiger partial charge in [0.15, 0.2) is 6.04 Å². The zero-order chi connectivity index (χ0) is 14.0. The summed E-state index contributed by atoms with van der Waals surface area (Å²) in [4.78, 5) is 26.9. The average molecular weight is 262 g/mol. The molecule has 0 fully saturated rings. The minimum atomic E-state index is -0.973. The van der Waals surface area contributed by atoms with Crippen LogP contribution in [-0.2, 0) is 16.0 Å². The molecule has 102 valence electrons. The van der Waals surface area contributed by atoms with Crippen LogP contribution in [0.25, 0.3) is 0 Å². The van der Waals surface area contributed by atoms with Crippen molar-refractivity contribution in [2.75, 3.05) is 27.2 Å². The van der Waals surface area contributed by atoms with Crippen LogP contribution >= 0.6 is 0 Å². The molecule has 1 atom stereocenters. The maximum Gasteiger partial charge on any atom is 0.331 e. The normalized spacial score (nSPS) is 18.3. The van der Waals surface area contributed by atoms with E-state index in [0.29, 0.717) is 13.0 Å². The standard InChI is InChI=1S/C14H18N2O3/c1-15(2)9-12(17)16-8-7-10-5-3-4-6-11(10)13(16)14(18)19/h3-6,13H,7-9H2,1-2H3,(H,18,19). The van der Waals surface area contributed by atoms with E-state index >= 15 is 0 Å². The summed E-state index contributed by atoms with van der Waals surface area (Å²) in [5.41, 5.74) is 1.75. The first-order chi connectivity index (χ1) is 9.00. The fourth-order valence-corrected chi connectivity index (χ4v) is 2.46. The van der Waals surface area contributed by atoms with E-state index in [-0.39, 0.29) is 12.5 Å². The van der Waals surface area contributed by atoms with Gasteiger partial charge in [0.1, 0.15) is 0 Å². The van der Waals surface area contributed by atoms with E-state index < -0.39 is 12.0 Å². The second-order valence-electron chi connectivity index (χ2n) is 5.01. The molecule has 1 aromatic carbocycles. The quantitative estimate of drug-likeness (QED) is 0.873. The molecular weight excluding hydrogens is 244 g/mol. The van der Waals surface area contributed by atoms with Crippen molar-refractivity contribution in [3.05, 3.63) is 35.4 Å². The Bertz CT molecular complexity index is 499. The Kier molecular flexibility index (Phi) is 3.85. The molecule has 19 heavy (non-hydrogen) atoms. The van der Waals surface area contributed by atoms with Crippen molar-refractivity contribution >= 4 is 11.9 Å². The Labute approximate surface area is 112 Å². The molecule has 2 rings (SSSR count). The first kappa shape index (κ1) is 13.5. The van der Waals surface area contributed by atoms with E-state index in [4.69, 9.17) is 0 Å². The number of benzene rings is 1. The summed E-state index contributed by atoms with van der Waals surface area (Å²) in [6, 6.07) is 6.57. The number of carboxylic acids is 1. The highest BCUT2D eigenvalue weighted by Gasteiger charge is 2.35. The summed E-state index contributed by atoms with van der Waals surface area (Å²) in [6.45, 7) is 0.687. The molecule has 5 heteroatoms. The third kappa shape index (κ3) is 2.76. The maximum absolute atomic E-state index is 12.2. The summed E-state index contributed by atoms with van der Waals surface area (Å²) in [5, 5.41) is 9.43. The van der Waals surface area contributed by atoms with Gasteiger partial charge in [0.25, 0.3) is 0 Å². The van der Waals surface area contributed by atoms with Gasteiger partial charge in [-0.1, -0.05) is 24.3 Å². The van der Waals surface area contributed by atoms with Gasteiger partial charge >= 0.3 is 5.97 Å². The molecule has 0 saturated heterocycles. The number of amides is 1. The minimum absolute atomic E-state index is 0.146. The van der Waals surface area contributed by atoms with Gasteiger partial charge in [0.05, 0.1) is 6.54 Å². The van der Waals surface area contributed by atoms with Gasteiger partial charge in [-0.15, -0.1) is 0 Å². The zero-order valence-electron chi connectivity index (χ0n) is 11.2. The van der Waals surface area contributed by atoms with Crippen molar-refractivity contribution < 1.29 is 14.7 Å². The smallest absolute Gasteiger partial charge is 0.331 e. The monoisotopic (exact) mass is 262 g/mol. The Hall–Kier alpha value is -1.88. The van der Waals surface area contributed by atoms with Crippen molar-refractivity contribution in [2.24, 2.45) is 0 Å². The Morgan fingerprint density at radius 3 is 2.68 bits per heavy atom. The molecule has 1 heterocycles. The molecule has 1 aliphatic heterocycles. The number of aliphatic carboxylic acids is 1. The van der Waals surface area contributed by atoms with Crippen LogP contribution in [0.15, 0.2) is 24.3 Å². The van der Waals surface area contributed by atoms with Gasteiger partial charge in [0.2, 0.25) is 5.91 Å². The van der Waals surface area contributed by atoms with E-state index in [2.05, 4.69) is 0 Å². The second kappa shape index (κ2) is 5.40. The molecule has 0 spiro atoms. The van der Waals surface area contributed by atoms with E-state index in [0.717, 1.165) is 11.1 Å². The number of carboxylic acid groups (broad SMARTS) is 1. The molecule has 1 aliphatic rings. The molecular formula is C14H18N2O3. The number of carbonyl (C=O) groups is 2. The van der Waals surface area contributed by atoms with Gasteiger partial charge < -0.3 is 14.9 Å². The third-order valence-electron chi connectivity index (χ3n) is 3.29. The highest BCUT2D eigenvalue weighted by atomic mass is 16.4. The minimum Gasteiger partial charge on any atom is -0.479 e. The predicted molar refractivity (Wildman–Crippen MR) is 70.8 cm³/mol. The molecule has 0 aromatic heterocycles. The first-order valence-corrected chi connectivity index (χ1v) is 6.25. The Balaban J connectivity index is 2.32. The van der Waals surface area contributed by atoms with Crippen molar-refractivity contribution in [1.29, 1.82) is 0 Å².